The van der Waals surface area contributed by atoms with Crippen LogP contribution in [0.4, 0.5) is 0 Å². The second kappa shape index (κ2) is 5.37. The molecule has 0 saturated heterocycles. The number of hydrogen-bond donors (Lipinski definition) is 1. The van der Waals surface area contributed by atoms with Crippen LogP contribution in [-0.2, 0) is 4.79 Å². The zero-order chi connectivity index (χ0) is 14.8. The Balaban J connectivity index is 2.14. The van der Waals surface area contributed by atoms with Crippen LogP contribution in [0.5, 0.6) is 0 Å². The number of hydrogen-bond acceptors (Lipinski definition) is 2. The molecule has 0 atom stereocenters. The number of carbonyl (C=O) groups excluding carboxylic acids is 1. The van der Waals surface area contributed by atoms with E-state index >= 15 is 0 Å². The van der Waals surface area contributed by atoms with Crippen LogP contribution in [0.2, 0.25) is 0 Å². The monoisotopic (exact) mass is 278 g/mol. The summed E-state index contributed by atoms with van der Waals surface area (Å²) in [5, 5.41) is 12.8. The van der Waals surface area contributed by atoms with Gasteiger partial charge in [-0.15, -0.1) is 0 Å². The van der Waals surface area contributed by atoms with E-state index in [2.05, 4.69) is 0 Å². The van der Waals surface area contributed by atoms with E-state index < -0.39 is 5.97 Å². The molecular weight excluding hydrogens is 264 g/mol. The lowest BCUT2D eigenvalue weighted by atomic mass is 9.95. The molecule has 0 amide bonds. The van der Waals surface area contributed by atoms with Crippen LogP contribution in [0.25, 0.3) is 21.5 Å². The number of ketones is 1. The van der Waals surface area contributed by atoms with Crippen molar-refractivity contribution in [2.24, 2.45) is 0 Å². The number of aliphatic carboxylic acids is 1. The van der Waals surface area contributed by atoms with Crippen LogP contribution in [0.1, 0.15) is 23.2 Å². The molecule has 0 aliphatic heterocycles. The van der Waals surface area contributed by atoms with Crippen molar-refractivity contribution in [3.8, 4) is 0 Å². The number of fused-ring (bicyclic) bond motifs is 3. The topological polar surface area (TPSA) is 54.4 Å². The molecule has 104 valence electrons. The third-order valence-corrected chi connectivity index (χ3v) is 3.65. The minimum atomic E-state index is -0.950. The summed E-state index contributed by atoms with van der Waals surface area (Å²) in [6, 6.07) is 17.6. The van der Waals surface area contributed by atoms with E-state index in [-0.39, 0.29) is 18.6 Å². The van der Waals surface area contributed by atoms with Crippen molar-refractivity contribution < 1.29 is 14.7 Å². The third kappa shape index (κ3) is 2.50. The third-order valence-electron chi connectivity index (χ3n) is 3.65. The molecule has 0 radical (unpaired) electrons. The molecule has 3 rings (SSSR count). The maximum absolute atomic E-state index is 12.2. The first-order chi connectivity index (χ1) is 10.2. The van der Waals surface area contributed by atoms with E-state index in [0.717, 1.165) is 21.5 Å². The van der Waals surface area contributed by atoms with Gasteiger partial charge in [-0.05, 0) is 21.5 Å². The van der Waals surface area contributed by atoms with Gasteiger partial charge >= 0.3 is 5.97 Å². The highest BCUT2D eigenvalue weighted by Gasteiger charge is 2.12. The Hall–Kier alpha value is -2.68. The molecule has 21 heavy (non-hydrogen) atoms. The Morgan fingerprint density at radius 3 is 2.33 bits per heavy atom. The summed E-state index contributed by atoms with van der Waals surface area (Å²) in [4.78, 5) is 22.9. The molecule has 0 bridgehead atoms. The lowest BCUT2D eigenvalue weighted by molar-refractivity contribution is -0.136. The summed E-state index contributed by atoms with van der Waals surface area (Å²) in [7, 11) is 0. The maximum atomic E-state index is 12.2. The smallest absolute Gasteiger partial charge is 0.303 e. The molecule has 3 nitrogen and oxygen atoms in total. The molecule has 1 N–H and O–H groups in total. The van der Waals surface area contributed by atoms with Crippen molar-refractivity contribution >= 4 is 33.3 Å². The van der Waals surface area contributed by atoms with Gasteiger partial charge in [0, 0.05) is 12.0 Å². The fraction of sp³-hybridized carbons (Fsp3) is 0.111. The minimum absolute atomic E-state index is 0.0290. The van der Waals surface area contributed by atoms with Crippen molar-refractivity contribution in [3.05, 3.63) is 60.2 Å². The molecule has 0 aliphatic rings. The lowest BCUT2D eigenvalue weighted by Gasteiger charge is -2.08. The van der Waals surface area contributed by atoms with Gasteiger partial charge in [0.25, 0.3) is 0 Å². The molecule has 0 spiro atoms. The van der Waals surface area contributed by atoms with Gasteiger partial charge in [0.05, 0.1) is 6.42 Å². The zero-order valence-electron chi connectivity index (χ0n) is 11.4. The average molecular weight is 278 g/mol. The van der Waals surface area contributed by atoms with Crippen LogP contribution >= 0.6 is 0 Å². The van der Waals surface area contributed by atoms with Gasteiger partial charge < -0.3 is 5.11 Å². The second-order valence-electron chi connectivity index (χ2n) is 5.00. The zero-order valence-corrected chi connectivity index (χ0v) is 11.4. The first-order valence-corrected chi connectivity index (χ1v) is 6.82. The van der Waals surface area contributed by atoms with Gasteiger partial charge in [0.1, 0.15) is 0 Å². The van der Waals surface area contributed by atoms with E-state index in [0.29, 0.717) is 5.56 Å². The van der Waals surface area contributed by atoms with Gasteiger partial charge in [-0.3, -0.25) is 9.59 Å². The highest BCUT2D eigenvalue weighted by atomic mass is 16.4. The summed E-state index contributed by atoms with van der Waals surface area (Å²) in [6.45, 7) is 0. The van der Waals surface area contributed by atoms with Crippen molar-refractivity contribution in [2.45, 2.75) is 12.8 Å². The quantitative estimate of drug-likeness (QED) is 0.579. The first-order valence-electron chi connectivity index (χ1n) is 6.82. The van der Waals surface area contributed by atoms with Crippen LogP contribution in [0.3, 0.4) is 0 Å². The minimum Gasteiger partial charge on any atom is -0.481 e. The number of carboxylic acid groups (broad SMARTS) is 1. The number of carbonyl (C=O) groups is 2. The largest absolute Gasteiger partial charge is 0.481 e. The van der Waals surface area contributed by atoms with E-state index in [1.165, 1.54) is 0 Å². The predicted molar refractivity (Wildman–Crippen MR) is 82.7 cm³/mol. The average Bonchev–Trinajstić information content (AvgIpc) is 2.51. The fourth-order valence-electron chi connectivity index (χ4n) is 2.64. The highest BCUT2D eigenvalue weighted by molar-refractivity contribution is 6.15. The number of rotatable bonds is 4. The Labute approximate surface area is 121 Å². The van der Waals surface area contributed by atoms with Crippen LogP contribution in [0, 0.1) is 0 Å². The Bertz CT molecular complexity index is 849. The van der Waals surface area contributed by atoms with Gasteiger partial charge in [0.2, 0.25) is 0 Å². The van der Waals surface area contributed by atoms with Crippen LogP contribution < -0.4 is 0 Å². The summed E-state index contributed by atoms with van der Waals surface area (Å²) in [5.74, 6) is -1.08. The SMILES string of the molecule is O=C(O)CCC(=O)c1cccc2c1ccc1ccccc12. The Morgan fingerprint density at radius 2 is 1.52 bits per heavy atom. The number of carboxylic acids is 1. The van der Waals surface area contributed by atoms with Gasteiger partial charge in [-0.2, -0.15) is 0 Å². The summed E-state index contributed by atoms with van der Waals surface area (Å²) in [6.07, 6.45) is -0.107. The van der Waals surface area contributed by atoms with Crippen molar-refractivity contribution in [1.29, 1.82) is 0 Å². The molecule has 3 heteroatoms. The van der Waals surface area contributed by atoms with E-state index in [9.17, 15) is 9.59 Å². The molecule has 0 aromatic heterocycles. The standard InChI is InChI=1S/C18H14O3/c19-17(10-11-18(20)21)16-7-3-6-14-13-5-2-1-4-12(13)8-9-15(14)16/h1-9H,10-11H2,(H,20,21). The summed E-state index contributed by atoms with van der Waals surface area (Å²) in [5.41, 5.74) is 0.597. The molecule has 0 unspecified atom stereocenters. The van der Waals surface area contributed by atoms with Crippen LogP contribution in [0.15, 0.2) is 54.6 Å². The van der Waals surface area contributed by atoms with E-state index in [4.69, 9.17) is 5.11 Å². The van der Waals surface area contributed by atoms with Gasteiger partial charge in [0.15, 0.2) is 5.78 Å². The maximum Gasteiger partial charge on any atom is 0.303 e. The summed E-state index contributed by atoms with van der Waals surface area (Å²) >= 11 is 0. The first kappa shape index (κ1) is 13.3. The normalized spacial score (nSPS) is 10.9. The van der Waals surface area contributed by atoms with E-state index in [1.54, 1.807) is 6.07 Å². The van der Waals surface area contributed by atoms with Crippen molar-refractivity contribution in [2.75, 3.05) is 0 Å². The predicted octanol–water partition coefficient (Wildman–Crippen LogP) is 4.04. The van der Waals surface area contributed by atoms with Crippen LogP contribution in [-0.4, -0.2) is 16.9 Å². The van der Waals surface area contributed by atoms with E-state index in [1.807, 2.05) is 48.5 Å². The lowest BCUT2D eigenvalue weighted by Crippen LogP contribution is -2.04. The Morgan fingerprint density at radius 1 is 0.762 bits per heavy atom. The number of Topliss-reactive ketones (excluding diaryl/α,β-unsaturated/α-hetero) is 1. The molecule has 0 fully saturated rings. The van der Waals surface area contributed by atoms with Gasteiger partial charge in [-0.25, -0.2) is 0 Å². The fourth-order valence-corrected chi connectivity index (χ4v) is 2.64. The molecule has 0 aliphatic carbocycles. The van der Waals surface area contributed by atoms with Crippen molar-refractivity contribution in [3.63, 3.8) is 0 Å². The Kier molecular flexibility index (Phi) is 3.40. The number of benzene rings is 3. The second-order valence-corrected chi connectivity index (χ2v) is 5.00. The van der Waals surface area contributed by atoms with Gasteiger partial charge in [-0.1, -0.05) is 54.6 Å². The molecule has 3 aromatic carbocycles. The van der Waals surface area contributed by atoms with Crippen molar-refractivity contribution in [1.82, 2.24) is 0 Å². The molecular formula is C18H14O3. The summed E-state index contributed by atoms with van der Waals surface area (Å²) < 4.78 is 0. The molecule has 3 aromatic rings. The molecule has 0 saturated carbocycles. The molecule has 0 heterocycles. The highest BCUT2D eigenvalue weighted by Crippen LogP contribution is 2.28.